The maximum absolute atomic E-state index is 10.3. The summed E-state index contributed by atoms with van der Waals surface area (Å²) in [6, 6.07) is 10.2. The minimum absolute atomic E-state index is 0.487. The quantitative estimate of drug-likeness (QED) is 0.888. The molecule has 20 heavy (non-hydrogen) atoms. The van der Waals surface area contributed by atoms with E-state index in [4.69, 9.17) is 0 Å². The van der Waals surface area contributed by atoms with E-state index in [-0.39, 0.29) is 0 Å². The maximum atomic E-state index is 10.3. The number of hydrogen-bond donors (Lipinski definition) is 2. The molecule has 0 amide bonds. The van der Waals surface area contributed by atoms with Gasteiger partial charge in [-0.25, -0.2) is 4.98 Å². The summed E-state index contributed by atoms with van der Waals surface area (Å²) in [6.45, 7) is 1.41. The number of nitrogens with one attached hydrogen (secondary N) is 1. The Morgan fingerprint density at radius 1 is 1.20 bits per heavy atom. The van der Waals surface area contributed by atoms with Crippen LogP contribution in [0.3, 0.4) is 0 Å². The fourth-order valence-electron chi connectivity index (χ4n) is 2.75. The van der Waals surface area contributed by atoms with Crippen LogP contribution in [0.5, 0.6) is 0 Å². The Hall–Kier alpha value is -1.23. The van der Waals surface area contributed by atoms with Gasteiger partial charge in [0.05, 0.1) is 11.3 Å². The Bertz CT molecular complexity index is 547. The first kappa shape index (κ1) is 13.7. The lowest BCUT2D eigenvalue weighted by atomic mass is 10.0. The Balaban J connectivity index is 1.55. The van der Waals surface area contributed by atoms with E-state index in [2.05, 4.69) is 27.8 Å². The van der Waals surface area contributed by atoms with E-state index < -0.39 is 5.60 Å². The third-order valence-corrected chi connectivity index (χ3v) is 4.73. The third-order valence-electron chi connectivity index (χ3n) is 3.89. The van der Waals surface area contributed by atoms with Crippen LogP contribution in [0, 0.1) is 0 Å². The number of hydrogen-bond acceptors (Lipinski definition) is 4. The second-order valence-electron chi connectivity index (χ2n) is 5.53. The SMILES string of the molecule is OC1(CNCc2nc(-c3ccccc3)cs2)CCCC1. The molecule has 1 aromatic carbocycles. The minimum Gasteiger partial charge on any atom is -0.389 e. The molecular weight excluding hydrogens is 268 g/mol. The van der Waals surface area contributed by atoms with Crippen LogP contribution >= 0.6 is 11.3 Å². The summed E-state index contributed by atoms with van der Waals surface area (Å²) >= 11 is 1.67. The van der Waals surface area contributed by atoms with Gasteiger partial charge >= 0.3 is 0 Å². The highest BCUT2D eigenvalue weighted by molar-refractivity contribution is 7.09. The van der Waals surface area contributed by atoms with Gasteiger partial charge in [-0.2, -0.15) is 0 Å². The lowest BCUT2D eigenvalue weighted by Gasteiger charge is -2.21. The molecule has 1 fully saturated rings. The van der Waals surface area contributed by atoms with Crippen molar-refractivity contribution >= 4 is 11.3 Å². The Kier molecular flexibility index (Phi) is 4.15. The Labute approximate surface area is 123 Å². The standard InChI is InChI=1S/C16H20N2OS/c19-16(8-4-5-9-16)12-17-10-15-18-14(11-20-15)13-6-2-1-3-7-13/h1-3,6-7,11,17,19H,4-5,8-10,12H2. The molecule has 0 radical (unpaired) electrons. The van der Waals surface area contributed by atoms with Crippen LogP contribution < -0.4 is 5.32 Å². The van der Waals surface area contributed by atoms with E-state index in [9.17, 15) is 5.11 Å². The molecule has 1 aliphatic rings. The molecule has 1 aliphatic carbocycles. The largest absolute Gasteiger partial charge is 0.389 e. The van der Waals surface area contributed by atoms with Gasteiger partial charge in [-0.1, -0.05) is 43.2 Å². The summed E-state index contributed by atoms with van der Waals surface area (Å²) in [5.74, 6) is 0. The van der Waals surface area contributed by atoms with Crippen molar-refractivity contribution in [2.45, 2.75) is 37.8 Å². The average molecular weight is 288 g/mol. The fourth-order valence-corrected chi connectivity index (χ4v) is 3.52. The van der Waals surface area contributed by atoms with E-state index in [1.165, 1.54) is 0 Å². The molecule has 0 aliphatic heterocycles. The molecule has 106 valence electrons. The van der Waals surface area contributed by atoms with Gasteiger partial charge < -0.3 is 10.4 Å². The van der Waals surface area contributed by atoms with Gasteiger partial charge in [-0.15, -0.1) is 11.3 Å². The van der Waals surface area contributed by atoms with Crippen LogP contribution in [0.25, 0.3) is 11.3 Å². The Morgan fingerprint density at radius 2 is 1.95 bits per heavy atom. The highest BCUT2D eigenvalue weighted by atomic mass is 32.1. The molecule has 0 atom stereocenters. The van der Waals surface area contributed by atoms with Crippen LogP contribution in [0.4, 0.5) is 0 Å². The van der Waals surface area contributed by atoms with E-state index in [0.717, 1.165) is 48.5 Å². The molecular formula is C16H20N2OS. The van der Waals surface area contributed by atoms with Crippen molar-refractivity contribution in [2.24, 2.45) is 0 Å². The minimum atomic E-state index is -0.487. The monoisotopic (exact) mass is 288 g/mol. The van der Waals surface area contributed by atoms with Crippen LogP contribution in [-0.2, 0) is 6.54 Å². The lowest BCUT2D eigenvalue weighted by Crippen LogP contribution is -2.37. The molecule has 0 spiro atoms. The molecule has 1 saturated carbocycles. The summed E-state index contributed by atoms with van der Waals surface area (Å²) in [5.41, 5.74) is 1.70. The predicted molar refractivity (Wildman–Crippen MR) is 82.7 cm³/mol. The van der Waals surface area contributed by atoms with E-state index >= 15 is 0 Å². The molecule has 0 bridgehead atoms. The molecule has 0 unspecified atom stereocenters. The fraction of sp³-hybridized carbons (Fsp3) is 0.438. The predicted octanol–water partition coefficient (Wildman–Crippen LogP) is 3.20. The number of nitrogens with zero attached hydrogens (tertiary/aromatic N) is 1. The van der Waals surface area contributed by atoms with Gasteiger partial charge in [0.1, 0.15) is 5.01 Å². The lowest BCUT2D eigenvalue weighted by molar-refractivity contribution is 0.0475. The summed E-state index contributed by atoms with van der Waals surface area (Å²) in [7, 11) is 0. The van der Waals surface area contributed by atoms with E-state index in [1.807, 2.05) is 18.2 Å². The number of aromatic nitrogens is 1. The molecule has 2 aromatic rings. The first-order chi connectivity index (χ1) is 9.75. The van der Waals surface area contributed by atoms with Crippen molar-refractivity contribution < 1.29 is 5.11 Å². The van der Waals surface area contributed by atoms with Crippen LogP contribution in [0.1, 0.15) is 30.7 Å². The first-order valence-corrected chi connectivity index (χ1v) is 8.06. The first-order valence-electron chi connectivity index (χ1n) is 7.18. The molecule has 3 nitrogen and oxygen atoms in total. The second-order valence-corrected chi connectivity index (χ2v) is 6.47. The summed E-state index contributed by atoms with van der Waals surface area (Å²) in [4.78, 5) is 4.64. The van der Waals surface area contributed by atoms with Gasteiger partial charge in [-0.05, 0) is 12.8 Å². The van der Waals surface area contributed by atoms with Crippen molar-refractivity contribution in [3.63, 3.8) is 0 Å². The smallest absolute Gasteiger partial charge is 0.107 e. The van der Waals surface area contributed by atoms with E-state index in [1.54, 1.807) is 11.3 Å². The molecule has 1 heterocycles. The van der Waals surface area contributed by atoms with Crippen molar-refractivity contribution in [3.8, 4) is 11.3 Å². The topological polar surface area (TPSA) is 45.1 Å². The Morgan fingerprint density at radius 3 is 2.70 bits per heavy atom. The van der Waals surface area contributed by atoms with Crippen molar-refractivity contribution in [1.29, 1.82) is 0 Å². The van der Waals surface area contributed by atoms with Crippen molar-refractivity contribution in [2.75, 3.05) is 6.54 Å². The normalized spacial score (nSPS) is 17.4. The average Bonchev–Trinajstić information content (AvgIpc) is 3.10. The van der Waals surface area contributed by atoms with E-state index in [0.29, 0.717) is 6.54 Å². The summed E-state index contributed by atoms with van der Waals surface area (Å²) in [6.07, 6.45) is 4.14. The van der Waals surface area contributed by atoms with Gasteiger partial charge in [0, 0.05) is 24.0 Å². The summed E-state index contributed by atoms with van der Waals surface area (Å²) in [5, 5.41) is 16.8. The van der Waals surface area contributed by atoms with Crippen molar-refractivity contribution in [3.05, 3.63) is 40.7 Å². The third kappa shape index (κ3) is 3.26. The zero-order valence-corrected chi connectivity index (χ0v) is 12.3. The number of rotatable bonds is 5. The highest BCUT2D eigenvalue weighted by Crippen LogP contribution is 2.28. The van der Waals surface area contributed by atoms with Crippen LogP contribution in [-0.4, -0.2) is 22.2 Å². The maximum Gasteiger partial charge on any atom is 0.107 e. The van der Waals surface area contributed by atoms with Gasteiger partial charge in [0.15, 0.2) is 0 Å². The van der Waals surface area contributed by atoms with Gasteiger partial charge in [0.25, 0.3) is 0 Å². The molecule has 1 aromatic heterocycles. The van der Waals surface area contributed by atoms with Crippen LogP contribution in [0.15, 0.2) is 35.7 Å². The molecule has 2 N–H and O–H groups in total. The van der Waals surface area contributed by atoms with Crippen LogP contribution in [0.2, 0.25) is 0 Å². The second kappa shape index (κ2) is 6.04. The molecule has 0 saturated heterocycles. The zero-order valence-electron chi connectivity index (χ0n) is 11.5. The summed E-state index contributed by atoms with van der Waals surface area (Å²) < 4.78 is 0. The van der Waals surface area contributed by atoms with Gasteiger partial charge in [0.2, 0.25) is 0 Å². The zero-order chi connectivity index (χ0) is 13.8. The molecule has 4 heteroatoms. The van der Waals surface area contributed by atoms with Crippen molar-refractivity contribution in [1.82, 2.24) is 10.3 Å². The molecule has 3 rings (SSSR count). The number of thiazole rings is 1. The highest BCUT2D eigenvalue weighted by Gasteiger charge is 2.30. The number of benzene rings is 1. The van der Waals surface area contributed by atoms with Gasteiger partial charge in [-0.3, -0.25) is 0 Å². The number of aliphatic hydroxyl groups is 1.